The van der Waals surface area contributed by atoms with E-state index in [1.54, 1.807) is 0 Å². The van der Waals surface area contributed by atoms with Crippen LogP contribution in [0.3, 0.4) is 0 Å². The fourth-order valence-corrected chi connectivity index (χ4v) is 1.62. The molecule has 0 aliphatic heterocycles. The Hall–Kier alpha value is -1.35. The monoisotopic (exact) mass is 221 g/mol. The Labute approximate surface area is 96.6 Å². The molecule has 0 aliphatic rings. The van der Waals surface area contributed by atoms with Gasteiger partial charge in [0.05, 0.1) is 13.0 Å². The van der Waals surface area contributed by atoms with Gasteiger partial charge in [-0.15, -0.1) is 0 Å². The first-order valence-corrected chi connectivity index (χ1v) is 5.48. The number of nitrogens with two attached hydrogens (primary N) is 1. The molecular weight excluding hydrogens is 202 g/mol. The van der Waals surface area contributed by atoms with Gasteiger partial charge in [0.15, 0.2) is 0 Å². The summed E-state index contributed by atoms with van der Waals surface area (Å²) in [5, 5.41) is 0. The summed E-state index contributed by atoms with van der Waals surface area (Å²) in [6.45, 7) is 4.54. The minimum atomic E-state index is -0.355. The fraction of sp³-hybridized carbons (Fsp3) is 0.462. The maximum absolute atomic E-state index is 11.5. The number of esters is 1. The van der Waals surface area contributed by atoms with Crippen molar-refractivity contribution in [3.05, 3.63) is 35.4 Å². The van der Waals surface area contributed by atoms with Gasteiger partial charge in [0.25, 0.3) is 0 Å². The lowest BCUT2D eigenvalue weighted by Gasteiger charge is -2.13. The quantitative estimate of drug-likeness (QED) is 0.791. The first-order chi connectivity index (χ1) is 7.60. The number of carbonyl (C=O) groups excluding carboxylic acids is 1. The molecule has 0 heterocycles. The highest BCUT2D eigenvalue weighted by molar-refractivity contribution is 5.78. The average Bonchev–Trinajstić information content (AvgIpc) is 2.30. The van der Waals surface area contributed by atoms with Crippen LogP contribution < -0.4 is 5.73 Å². The van der Waals surface area contributed by atoms with E-state index in [0.717, 1.165) is 5.56 Å². The Kier molecular flexibility index (Phi) is 4.50. The van der Waals surface area contributed by atoms with E-state index in [0.29, 0.717) is 5.92 Å². The molecule has 0 fully saturated rings. The van der Waals surface area contributed by atoms with Gasteiger partial charge < -0.3 is 10.5 Å². The van der Waals surface area contributed by atoms with Crippen LogP contribution in [0, 0.1) is 0 Å². The van der Waals surface area contributed by atoms with Gasteiger partial charge in [-0.25, -0.2) is 0 Å². The predicted molar refractivity (Wildman–Crippen MR) is 64.3 cm³/mol. The fourth-order valence-electron chi connectivity index (χ4n) is 1.62. The van der Waals surface area contributed by atoms with Crippen molar-refractivity contribution >= 4 is 5.97 Å². The number of hydrogen-bond donors (Lipinski definition) is 1. The molecule has 0 saturated heterocycles. The van der Waals surface area contributed by atoms with E-state index < -0.39 is 0 Å². The molecule has 1 rings (SSSR count). The number of rotatable bonds is 4. The van der Waals surface area contributed by atoms with Crippen LogP contribution in [-0.2, 0) is 9.53 Å². The van der Waals surface area contributed by atoms with Crippen LogP contribution in [0.4, 0.5) is 0 Å². The number of carbonyl (C=O) groups is 1. The first kappa shape index (κ1) is 12.7. The van der Waals surface area contributed by atoms with Gasteiger partial charge >= 0.3 is 5.97 Å². The molecule has 1 atom stereocenters. The van der Waals surface area contributed by atoms with E-state index >= 15 is 0 Å². The minimum absolute atomic E-state index is 0.272. The predicted octanol–water partition coefficient (Wildman–Crippen LogP) is 2.03. The van der Waals surface area contributed by atoms with E-state index in [1.165, 1.54) is 12.7 Å². The molecule has 0 aliphatic carbocycles. The maximum atomic E-state index is 11.5. The van der Waals surface area contributed by atoms with Crippen LogP contribution >= 0.6 is 0 Å². The first-order valence-electron chi connectivity index (χ1n) is 5.48. The second kappa shape index (κ2) is 5.66. The zero-order valence-corrected chi connectivity index (χ0v) is 10.1. The van der Waals surface area contributed by atoms with E-state index in [-0.39, 0.29) is 18.4 Å². The van der Waals surface area contributed by atoms with Crippen molar-refractivity contribution in [2.75, 3.05) is 13.7 Å². The molecule has 16 heavy (non-hydrogen) atoms. The van der Waals surface area contributed by atoms with Gasteiger partial charge in [0.2, 0.25) is 0 Å². The lowest BCUT2D eigenvalue weighted by molar-refractivity contribution is -0.142. The molecule has 0 saturated carbocycles. The second-order valence-electron chi connectivity index (χ2n) is 4.13. The molecule has 2 N–H and O–H groups in total. The zero-order chi connectivity index (χ0) is 12.1. The van der Waals surface area contributed by atoms with Crippen LogP contribution in [0.25, 0.3) is 0 Å². The molecule has 3 heteroatoms. The van der Waals surface area contributed by atoms with Crippen molar-refractivity contribution < 1.29 is 9.53 Å². The molecule has 0 bridgehead atoms. The smallest absolute Gasteiger partial charge is 0.314 e. The highest BCUT2D eigenvalue weighted by atomic mass is 16.5. The summed E-state index contributed by atoms with van der Waals surface area (Å²) in [4.78, 5) is 11.5. The number of methoxy groups -OCH3 is 1. The molecule has 0 spiro atoms. The lowest BCUT2D eigenvalue weighted by Crippen LogP contribution is -2.22. The second-order valence-corrected chi connectivity index (χ2v) is 4.13. The summed E-state index contributed by atoms with van der Waals surface area (Å²) >= 11 is 0. The third-order valence-electron chi connectivity index (χ3n) is 2.73. The highest BCUT2D eigenvalue weighted by Gasteiger charge is 2.19. The Morgan fingerprint density at radius 1 is 1.25 bits per heavy atom. The summed E-state index contributed by atoms with van der Waals surface area (Å²) in [7, 11) is 1.38. The number of hydrogen-bond acceptors (Lipinski definition) is 3. The molecular formula is C13H19NO2. The molecule has 3 nitrogen and oxygen atoms in total. The van der Waals surface area contributed by atoms with Crippen molar-refractivity contribution in [2.24, 2.45) is 5.73 Å². The minimum Gasteiger partial charge on any atom is -0.469 e. The molecule has 88 valence electrons. The molecule has 1 unspecified atom stereocenters. The number of benzene rings is 1. The normalized spacial score (nSPS) is 12.6. The van der Waals surface area contributed by atoms with Crippen molar-refractivity contribution in [1.82, 2.24) is 0 Å². The van der Waals surface area contributed by atoms with Crippen LogP contribution in [0.5, 0.6) is 0 Å². The summed E-state index contributed by atoms with van der Waals surface area (Å²) in [5.74, 6) is -0.144. The molecule has 0 amide bonds. The topological polar surface area (TPSA) is 52.3 Å². The van der Waals surface area contributed by atoms with E-state index in [9.17, 15) is 4.79 Å². The third kappa shape index (κ3) is 2.83. The maximum Gasteiger partial charge on any atom is 0.314 e. The van der Waals surface area contributed by atoms with Gasteiger partial charge in [-0.1, -0.05) is 38.1 Å². The van der Waals surface area contributed by atoms with Crippen LogP contribution in [0.15, 0.2) is 24.3 Å². The number of ether oxygens (including phenoxy) is 1. The summed E-state index contributed by atoms with van der Waals surface area (Å²) in [6, 6.07) is 7.96. The standard InChI is InChI=1S/C13H19NO2/c1-9(2)10-4-6-11(7-5-10)12(8-14)13(15)16-3/h4-7,9,12H,8,14H2,1-3H3. The average molecular weight is 221 g/mol. The van der Waals surface area contributed by atoms with E-state index in [4.69, 9.17) is 10.5 Å². The molecule has 1 aromatic rings. The van der Waals surface area contributed by atoms with E-state index in [2.05, 4.69) is 13.8 Å². The van der Waals surface area contributed by atoms with Gasteiger partial charge in [0, 0.05) is 6.54 Å². The summed E-state index contributed by atoms with van der Waals surface area (Å²) in [6.07, 6.45) is 0. The van der Waals surface area contributed by atoms with Gasteiger partial charge in [-0.05, 0) is 17.0 Å². The van der Waals surface area contributed by atoms with Crippen LogP contribution in [-0.4, -0.2) is 19.6 Å². The lowest BCUT2D eigenvalue weighted by atomic mass is 9.95. The van der Waals surface area contributed by atoms with Gasteiger partial charge in [0.1, 0.15) is 0 Å². The third-order valence-corrected chi connectivity index (χ3v) is 2.73. The van der Waals surface area contributed by atoms with Crippen molar-refractivity contribution in [2.45, 2.75) is 25.7 Å². The zero-order valence-electron chi connectivity index (χ0n) is 10.1. The van der Waals surface area contributed by atoms with Crippen molar-refractivity contribution in [3.63, 3.8) is 0 Å². The van der Waals surface area contributed by atoms with E-state index in [1.807, 2.05) is 24.3 Å². The summed E-state index contributed by atoms with van der Waals surface area (Å²) in [5.41, 5.74) is 7.75. The Morgan fingerprint density at radius 2 is 1.75 bits per heavy atom. The Morgan fingerprint density at radius 3 is 2.12 bits per heavy atom. The van der Waals surface area contributed by atoms with Gasteiger partial charge in [-0.3, -0.25) is 4.79 Å². The van der Waals surface area contributed by atoms with Crippen molar-refractivity contribution in [1.29, 1.82) is 0 Å². The van der Waals surface area contributed by atoms with Gasteiger partial charge in [-0.2, -0.15) is 0 Å². The highest BCUT2D eigenvalue weighted by Crippen LogP contribution is 2.20. The van der Waals surface area contributed by atoms with Crippen LogP contribution in [0.1, 0.15) is 36.8 Å². The SMILES string of the molecule is COC(=O)C(CN)c1ccc(C(C)C)cc1. The molecule has 1 aromatic carbocycles. The van der Waals surface area contributed by atoms with Crippen molar-refractivity contribution in [3.8, 4) is 0 Å². The molecule has 0 aromatic heterocycles. The largest absolute Gasteiger partial charge is 0.469 e. The molecule has 0 radical (unpaired) electrons. The summed E-state index contributed by atoms with van der Waals surface area (Å²) < 4.78 is 4.72. The Bertz CT molecular complexity index is 343. The Balaban J connectivity index is 2.90. The van der Waals surface area contributed by atoms with Crippen LogP contribution in [0.2, 0.25) is 0 Å².